The molecule has 1 fully saturated rings. The van der Waals surface area contributed by atoms with Gasteiger partial charge in [0.15, 0.2) is 5.82 Å². The van der Waals surface area contributed by atoms with Crippen LogP contribution >= 0.6 is 0 Å². The van der Waals surface area contributed by atoms with Gasteiger partial charge in [-0.25, -0.2) is 0 Å². The van der Waals surface area contributed by atoms with Gasteiger partial charge in [-0.1, -0.05) is 12.8 Å². The van der Waals surface area contributed by atoms with E-state index in [1.165, 1.54) is 25.7 Å². The minimum absolute atomic E-state index is 0.507. The van der Waals surface area contributed by atoms with Gasteiger partial charge in [-0.05, 0) is 37.1 Å². The Hall–Kier alpha value is -2.57. The maximum Gasteiger partial charge on any atom is 0.244 e. The molecular formula is C17H23N5O2. The molecule has 0 amide bonds. The highest BCUT2D eigenvalue weighted by Gasteiger charge is 2.15. The fraction of sp³-hybridized carbons (Fsp3) is 0.471. The van der Waals surface area contributed by atoms with Crippen molar-refractivity contribution in [1.82, 2.24) is 15.2 Å². The second kappa shape index (κ2) is 8.33. The normalized spacial score (nSPS) is 14.4. The van der Waals surface area contributed by atoms with E-state index in [2.05, 4.69) is 25.8 Å². The molecule has 2 N–H and O–H groups in total. The number of nitrogens with zero attached hydrogens (tertiary/aromatic N) is 3. The van der Waals surface area contributed by atoms with Crippen molar-refractivity contribution in [1.29, 1.82) is 0 Å². The second-order valence-electron chi connectivity index (χ2n) is 5.74. The molecular weight excluding hydrogens is 306 g/mol. The number of benzene rings is 1. The van der Waals surface area contributed by atoms with E-state index in [0.29, 0.717) is 25.1 Å². The van der Waals surface area contributed by atoms with Crippen molar-refractivity contribution in [2.75, 3.05) is 30.9 Å². The Balaban J connectivity index is 1.42. The third kappa shape index (κ3) is 4.71. The molecule has 0 unspecified atom stereocenters. The molecule has 0 spiro atoms. The van der Waals surface area contributed by atoms with Crippen LogP contribution in [0, 0.1) is 0 Å². The van der Waals surface area contributed by atoms with Gasteiger partial charge in [0.25, 0.3) is 0 Å². The molecule has 0 bridgehead atoms. The van der Waals surface area contributed by atoms with Crippen LogP contribution in [0.5, 0.6) is 11.5 Å². The summed E-state index contributed by atoms with van der Waals surface area (Å²) in [6.07, 6.45) is 6.62. The van der Waals surface area contributed by atoms with Gasteiger partial charge in [-0.2, -0.15) is 10.1 Å². The first-order valence-corrected chi connectivity index (χ1v) is 8.30. The van der Waals surface area contributed by atoms with Gasteiger partial charge in [0.05, 0.1) is 19.9 Å². The molecule has 0 atom stereocenters. The molecule has 0 saturated heterocycles. The van der Waals surface area contributed by atoms with Crippen LogP contribution in [-0.4, -0.2) is 41.5 Å². The fourth-order valence-electron chi connectivity index (χ4n) is 2.73. The number of hydrogen-bond donors (Lipinski definition) is 2. The molecule has 1 aromatic carbocycles. The van der Waals surface area contributed by atoms with Gasteiger partial charge >= 0.3 is 0 Å². The second-order valence-corrected chi connectivity index (χ2v) is 5.74. The Labute approximate surface area is 141 Å². The topological polar surface area (TPSA) is 81.2 Å². The van der Waals surface area contributed by atoms with E-state index in [0.717, 1.165) is 17.3 Å². The molecule has 1 heterocycles. The molecule has 24 heavy (non-hydrogen) atoms. The Morgan fingerprint density at radius 2 is 1.88 bits per heavy atom. The zero-order valence-corrected chi connectivity index (χ0v) is 13.9. The number of methoxy groups -OCH3 is 1. The van der Waals surface area contributed by atoms with E-state index in [1.54, 1.807) is 13.3 Å². The van der Waals surface area contributed by atoms with Crippen LogP contribution in [0.2, 0.25) is 0 Å². The first-order chi connectivity index (χ1) is 11.8. The summed E-state index contributed by atoms with van der Waals surface area (Å²) in [6.45, 7) is 1.11. The lowest BCUT2D eigenvalue weighted by molar-refractivity contribution is 0.331. The van der Waals surface area contributed by atoms with Gasteiger partial charge in [0, 0.05) is 6.04 Å². The monoisotopic (exact) mass is 329 g/mol. The van der Waals surface area contributed by atoms with E-state index in [9.17, 15) is 0 Å². The van der Waals surface area contributed by atoms with Crippen LogP contribution in [0.3, 0.4) is 0 Å². The largest absolute Gasteiger partial charge is 0.497 e. The quantitative estimate of drug-likeness (QED) is 0.721. The molecule has 1 aliphatic rings. The van der Waals surface area contributed by atoms with Gasteiger partial charge in [-0.15, -0.1) is 5.10 Å². The number of anilines is 2. The van der Waals surface area contributed by atoms with Gasteiger partial charge in [0.2, 0.25) is 5.95 Å². The van der Waals surface area contributed by atoms with E-state index in [4.69, 9.17) is 9.47 Å². The van der Waals surface area contributed by atoms with Crippen molar-refractivity contribution in [3.63, 3.8) is 0 Å². The first-order valence-electron chi connectivity index (χ1n) is 8.30. The summed E-state index contributed by atoms with van der Waals surface area (Å²) in [5, 5.41) is 14.5. The molecule has 2 aromatic rings. The number of nitrogens with one attached hydrogen (secondary N) is 2. The van der Waals surface area contributed by atoms with Crippen LogP contribution in [0.25, 0.3) is 0 Å². The lowest BCUT2D eigenvalue weighted by atomic mass is 10.2. The van der Waals surface area contributed by atoms with Crippen LogP contribution in [0.15, 0.2) is 30.5 Å². The predicted molar refractivity (Wildman–Crippen MR) is 92.7 cm³/mol. The Kier molecular flexibility index (Phi) is 5.65. The highest BCUT2D eigenvalue weighted by Crippen LogP contribution is 2.21. The molecule has 7 heteroatoms. The summed E-state index contributed by atoms with van der Waals surface area (Å²) in [7, 11) is 1.64. The highest BCUT2D eigenvalue weighted by molar-refractivity contribution is 5.38. The third-order valence-electron chi connectivity index (χ3n) is 3.98. The zero-order valence-electron chi connectivity index (χ0n) is 13.9. The summed E-state index contributed by atoms with van der Waals surface area (Å²) >= 11 is 0. The summed E-state index contributed by atoms with van der Waals surface area (Å²) in [4.78, 5) is 4.44. The van der Waals surface area contributed by atoms with Crippen molar-refractivity contribution >= 4 is 11.8 Å². The maximum atomic E-state index is 5.66. The van der Waals surface area contributed by atoms with E-state index in [1.807, 2.05) is 24.3 Å². The first kappa shape index (κ1) is 16.3. The minimum atomic E-state index is 0.507. The molecule has 1 saturated carbocycles. The van der Waals surface area contributed by atoms with E-state index < -0.39 is 0 Å². The van der Waals surface area contributed by atoms with E-state index in [-0.39, 0.29) is 0 Å². The van der Waals surface area contributed by atoms with E-state index >= 15 is 0 Å². The van der Waals surface area contributed by atoms with Crippen molar-refractivity contribution in [3.05, 3.63) is 30.5 Å². The molecule has 3 rings (SSSR count). The molecule has 1 aromatic heterocycles. The summed E-state index contributed by atoms with van der Waals surface area (Å²) in [6, 6.07) is 8.00. The molecule has 128 valence electrons. The van der Waals surface area contributed by atoms with Gasteiger partial charge < -0.3 is 20.1 Å². The highest BCUT2D eigenvalue weighted by atomic mass is 16.5. The summed E-state index contributed by atoms with van der Waals surface area (Å²) in [5.74, 6) is 2.90. The lowest BCUT2D eigenvalue weighted by Gasteiger charge is -2.12. The number of hydrogen-bond acceptors (Lipinski definition) is 7. The molecule has 0 aliphatic heterocycles. The standard InChI is InChI=1S/C17H23N5O2/c1-23-14-6-8-15(9-7-14)24-11-10-18-17-21-16(12-19-22-17)20-13-4-2-3-5-13/h6-9,12-13H,2-5,10-11H2,1H3,(H2,18,20,21,22). The van der Waals surface area contributed by atoms with Crippen LogP contribution < -0.4 is 20.1 Å². The average Bonchev–Trinajstić information content (AvgIpc) is 3.13. The molecule has 7 nitrogen and oxygen atoms in total. The fourth-order valence-corrected chi connectivity index (χ4v) is 2.73. The van der Waals surface area contributed by atoms with Crippen molar-refractivity contribution in [2.45, 2.75) is 31.7 Å². The van der Waals surface area contributed by atoms with Crippen molar-refractivity contribution in [2.24, 2.45) is 0 Å². The van der Waals surface area contributed by atoms with Crippen molar-refractivity contribution < 1.29 is 9.47 Å². The average molecular weight is 329 g/mol. The maximum absolute atomic E-state index is 5.66. The number of aromatic nitrogens is 3. The third-order valence-corrected chi connectivity index (χ3v) is 3.98. The molecule has 0 radical (unpaired) electrons. The summed E-state index contributed by atoms with van der Waals surface area (Å²) in [5.41, 5.74) is 0. The Morgan fingerprint density at radius 3 is 2.62 bits per heavy atom. The predicted octanol–water partition coefficient (Wildman–Crippen LogP) is 2.73. The zero-order chi connectivity index (χ0) is 16.6. The Morgan fingerprint density at radius 1 is 1.12 bits per heavy atom. The van der Waals surface area contributed by atoms with Gasteiger partial charge in [-0.3, -0.25) is 0 Å². The smallest absolute Gasteiger partial charge is 0.244 e. The van der Waals surface area contributed by atoms with Gasteiger partial charge in [0.1, 0.15) is 18.1 Å². The SMILES string of the molecule is COc1ccc(OCCNc2nncc(NC3CCCC3)n2)cc1. The Bertz CT molecular complexity index is 629. The van der Waals surface area contributed by atoms with Crippen LogP contribution in [0.4, 0.5) is 11.8 Å². The van der Waals surface area contributed by atoms with Crippen LogP contribution in [0.1, 0.15) is 25.7 Å². The molecule has 1 aliphatic carbocycles. The summed E-state index contributed by atoms with van der Waals surface area (Å²) < 4.78 is 10.8. The number of ether oxygens (including phenoxy) is 2. The minimum Gasteiger partial charge on any atom is -0.497 e. The van der Waals surface area contributed by atoms with Crippen LogP contribution in [-0.2, 0) is 0 Å². The van der Waals surface area contributed by atoms with Crippen molar-refractivity contribution in [3.8, 4) is 11.5 Å². The lowest BCUT2D eigenvalue weighted by Crippen LogP contribution is -2.18. The number of rotatable bonds is 8.